The lowest BCUT2D eigenvalue weighted by Crippen LogP contribution is -2.54. The number of amides is 3. The molecular weight excluding hydrogens is 432 g/mol. The lowest BCUT2D eigenvalue weighted by atomic mass is 10.1. The molecule has 0 saturated heterocycles. The molecule has 1 aromatic carbocycles. The molecular formula is C18H24N4O8S. The third kappa shape index (κ3) is 9.35. The van der Waals surface area contributed by atoms with E-state index in [1.807, 2.05) is 5.32 Å². The van der Waals surface area contributed by atoms with Gasteiger partial charge in [-0.2, -0.15) is 12.6 Å². The number of carboxylic acid groups (broad SMARTS) is 2. The van der Waals surface area contributed by atoms with Crippen LogP contribution in [0.15, 0.2) is 24.3 Å². The highest BCUT2D eigenvalue weighted by Gasteiger charge is 2.25. The molecule has 0 aliphatic rings. The van der Waals surface area contributed by atoms with E-state index in [4.69, 9.17) is 15.9 Å². The third-order valence-electron chi connectivity index (χ3n) is 3.98. The Hall–Kier alpha value is -3.32. The molecule has 3 unspecified atom stereocenters. The highest BCUT2D eigenvalue weighted by molar-refractivity contribution is 7.80. The summed E-state index contributed by atoms with van der Waals surface area (Å²) in [5, 5.41) is 33.4. The molecule has 0 aliphatic heterocycles. The Morgan fingerprint density at radius 1 is 0.968 bits per heavy atom. The van der Waals surface area contributed by atoms with Crippen LogP contribution < -0.4 is 21.7 Å². The number of aliphatic carboxylic acids is 2. The van der Waals surface area contributed by atoms with Crippen LogP contribution in [0.3, 0.4) is 0 Å². The first kappa shape index (κ1) is 25.7. The van der Waals surface area contributed by atoms with Crippen molar-refractivity contribution in [2.45, 2.75) is 31.0 Å². The number of nitrogens with two attached hydrogens (primary N) is 1. The molecule has 0 bridgehead atoms. The molecule has 170 valence electrons. The minimum atomic E-state index is -1.65. The molecule has 0 aliphatic carbocycles. The summed E-state index contributed by atoms with van der Waals surface area (Å²) in [5.41, 5.74) is 6.53. The highest BCUT2D eigenvalue weighted by Crippen LogP contribution is 2.11. The minimum Gasteiger partial charge on any atom is -0.508 e. The number of thiol groups is 1. The molecule has 0 aromatic heterocycles. The number of nitrogens with one attached hydrogen (secondary N) is 3. The second-order valence-electron chi connectivity index (χ2n) is 6.49. The summed E-state index contributed by atoms with van der Waals surface area (Å²) in [6.07, 6.45) is -0.682. The molecule has 0 heterocycles. The molecule has 0 spiro atoms. The van der Waals surface area contributed by atoms with E-state index < -0.39 is 60.8 Å². The number of hydrogen-bond acceptors (Lipinski definition) is 8. The number of phenolic OH excluding ortho intramolecular Hbond substituents is 1. The average molecular weight is 456 g/mol. The molecule has 31 heavy (non-hydrogen) atoms. The fourth-order valence-corrected chi connectivity index (χ4v) is 2.62. The van der Waals surface area contributed by atoms with Crippen molar-refractivity contribution in [1.82, 2.24) is 16.0 Å². The fourth-order valence-electron chi connectivity index (χ4n) is 2.36. The van der Waals surface area contributed by atoms with E-state index in [9.17, 15) is 29.1 Å². The van der Waals surface area contributed by atoms with Crippen LogP contribution in [0.1, 0.15) is 12.0 Å². The van der Waals surface area contributed by atoms with Gasteiger partial charge in [0.15, 0.2) is 0 Å². The first-order valence-corrected chi connectivity index (χ1v) is 9.63. The van der Waals surface area contributed by atoms with E-state index in [-0.39, 0.29) is 17.9 Å². The van der Waals surface area contributed by atoms with Crippen LogP contribution in [0, 0.1) is 0 Å². The number of rotatable bonds is 12. The first-order chi connectivity index (χ1) is 14.5. The zero-order valence-electron chi connectivity index (χ0n) is 16.3. The van der Waals surface area contributed by atoms with Gasteiger partial charge in [-0.3, -0.25) is 19.2 Å². The number of carboxylic acids is 2. The predicted molar refractivity (Wildman–Crippen MR) is 110 cm³/mol. The number of benzene rings is 1. The summed E-state index contributed by atoms with van der Waals surface area (Å²) < 4.78 is 0. The van der Waals surface area contributed by atoms with Gasteiger partial charge in [0.2, 0.25) is 17.7 Å². The van der Waals surface area contributed by atoms with Gasteiger partial charge >= 0.3 is 11.9 Å². The van der Waals surface area contributed by atoms with Crippen molar-refractivity contribution in [3.63, 3.8) is 0 Å². The zero-order valence-corrected chi connectivity index (χ0v) is 17.2. The van der Waals surface area contributed by atoms with Gasteiger partial charge in [-0.15, -0.1) is 0 Å². The summed E-state index contributed by atoms with van der Waals surface area (Å²) in [5.74, 6) is -5.32. The van der Waals surface area contributed by atoms with Crippen LogP contribution >= 0.6 is 12.6 Å². The van der Waals surface area contributed by atoms with Crippen LogP contribution in [0.25, 0.3) is 0 Å². The maximum absolute atomic E-state index is 12.2. The number of phenols is 1. The first-order valence-electron chi connectivity index (χ1n) is 8.99. The number of hydrogen-bond donors (Lipinski definition) is 8. The van der Waals surface area contributed by atoms with Crippen molar-refractivity contribution in [2.24, 2.45) is 5.73 Å². The maximum Gasteiger partial charge on any atom is 0.326 e. The standard InChI is InChI=1S/C18H24N4O8S/c19-11(5-9-1-3-10(23)4-2-9)16(27)22-13(8-31)17(28)20-7-14(24)21-12(18(29)30)6-15(25)26/h1-4,11-13,23,31H,5-8,19H2,(H,20,28)(H,21,24)(H,22,27)(H,25,26)(H,29,30). The number of carbonyl (C=O) groups is 5. The van der Waals surface area contributed by atoms with Gasteiger partial charge in [0.25, 0.3) is 0 Å². The Kier molecular flexibility index (Phi) is 10.3. The third-order valence-corrected chi connectivity index (χ3v) is 4.34. The van der Waals surface area contributed by atoms with Crippen molar-refractivity contribution >= 4 is 42.3 Å². The molecule has 12 nitrogen and oxygen atoms in total. The van der Waals surface area contributed by atoms with E-state index in [0.717, 1.165) is 0 Å². The maximum atomic E-state index is 12.2. The lowest BCUT2D eigenvalue weighted by Gasteiger charge is -2.19. The van der Waals surface area contributed by atoms with Gasteiger partial charge in [-0.1, -0.05) is 12.1 Å². The van der Waals surface area contributed by atoms with E-state index >= 15 is 0 Å². The van der Waals surface area contributed by atoms with Gasteiger partial charge in [-0.05, 0) is 24.1 Å². The predicted octanol–water partition coefficient (Wildman–Crippen LogP) is -2.16. The average Bonchev–Trinajstić information content (AvgIpc) is 2.70. The molecule has 0 fully saturated rings. The number of aromatic hydroxyl groups is 1. The summed E-state index contributed by atoms with van der Waals surface area (Å²) in [4.78, 5) is 57.8. The SMILES string of the molecule is NC(Cc1ccc(O)cc1)C(=O)NC(CS)C(=O)NCC(=O)NC(CC(=O)O)C(=O)O. The van der Waals surface area contributed by atoms with E-state index in [2.05, 4.69) is 23.3 Å². The molecule has 0 radical (unpaired) electrons. The lowest BCUT2D eigenvalue weighted by molar-refractivity contribution is -0.147. The van der Waals surface area contributed by atoms with E-state index in [1.54, 1.807) is 12.1 Å². The second-order valence-corrected chi connectivity index (χ2v) is 6.86. The fraction of sp³-hybridized carbons (Fsp3) is 0.389. The quantitative estimate of drug-likeness (QED) is 0.161. The smallest absolute Gasteiger partial charge is 0.326 e. The van der Waals surface area contributed by atoms with E-state index in [0.29, 0.717) is 5.56 Å². The van der Waals surface area contributed by atoms with Crippen LogP contribution in [-0.2, 0) is 30.4 Å². The topological polar surface area (TPSA) is 208 Å². The van der Waals surface area contributed by atoms with Crippen molar-refractivity contribution < 1.29 is 39.3 Å². The van der Waals surface area contributed by atoms with Crippen molar-refractivity contribution in [1.29, 1.82) is 0 Å². The summed E-state index contributed by atoms with van der Waals surface area (Å²) >= 11 is 3.99. The van der Waals surface area contributed by atoms with Crippen molar-refractivity contribution in [3.05, 3.63) is 29.8 Å². The van der Waals surface area contributed by atoms with Gasteiger partial charge in [0.1, 0.15) is 17.8 Å². The monoisotopic (exact) mass is 456 g/mol. The molecule has 0 saturated carbocycles. The Morgan fingerprint density at radius 3 is 2.10 bits per heavy atom. The summed E-state index contributed by atoms with van der Waals surface area (Å²) in [6, 6.07) is 2.32. The molecule has 13 heteroatoms. The Labute approximate surface area is 182 Å². The summed E-state index contributed by atoms with van der Waals surface area (Å²) in [7, 11) is 0. The number of carbonyl (C=O) groups excluding carboxylic acids is 3. The van der Waals surface area contributed by atoms with Crippen LogP contribution in [0.2, 0.25) is 0 Å². The van der Waals surface area contributed by atoms with Crippen molar-refractivity contribution in [2.75, 3.05) is 12.3 Å². The molecule has 1 rings (SSSR count). The minimum absolute atomic E-state index is 0.0651. The van der Waals surface area contributed by atoms with E-state index in [1.165, 1.54) is 12.1 Å². The molecule has 8 N–H and O–H groups in total. The Bertz CT molecular complexity index is 817. The van der Waals surface area contributed by atoms with Gasteiger partial charge in [0.05, 0.1) is 19.0 Å². The van der Waals surface area contributed by atoms with Gasteiger partial charge < -0.3 is 37.0 Å². The zero-order chi connectivity index (χ0) is 23.6. The molecule has 3 atom stereocenters. The Balaban J connectivity index is 2.55. The van der Waals surface area contributed by atoms with Crippen LogP contribution in [0.5, 0.6) is 5.75 Å². The molecule has 3 amide bonds. The normalized spacial score (nSPS) is 13.4. The summed E-state index contributed by atoms with van der Waals surface area (Å²) in [6.45, 7) is -0.637. The van der Waals surface area contributed by atoms with Gasteiger partial charge in [-0.25, -0.2) is 4.79 Å². The van der Waals surface area contributed by atoms with Crippen molar-refractivity contribution in [3.8, 4) is 5.75 Å². The molecule has 1 aromatic rings. The van der Waals surface area contributed by atoms with Crippen LogP contribution in [0.4, 0.5) is 0 Å². The largest absolute Gasteiger partial charge is 0.508 e. The highest BCUT2D eigenvalue weighted by atomic mass is 32.1. The van der Waals surface area contributed by atoms with Crippen LogP contribution in [-0.4, -0.2) is 75.4 Å². The van der Waals surface area contributed by atoms with Gasteiger partial charge in [0, 0.05) is 5.75 Å². The Morgan fingerprint density at radius 2 is 1.58 bits per heavy atom. The second kappa shape index (κ2) is 12.4.